The van der Waals surface area contributed by atoms with Crippen LogP contribution in [0.5, 0.6) is 0 Å². The van der Waals surface area contributed by atoms with E-state index in [4.69, 9.17) is 4.74 Å². The van der Waals surface area contributed by atoms with Gasteiger partial charge in [-0.2, -0.15) is 0 Å². The van der Waals surface area contributed by atoms with Gasteiger partial charge in [0, 0.05) is 6.42 Å². The van der Waals surface area contributed by atoms with E-state index in [1.165, 1.54) is 5.56 Å². The second kappa shape index (κ2) is 8.43. The molecule has 24 heavy (non-hydrogen) atoms. The van der Waals surface area contributed by atoms with Gasteiger partial charge in [-0.3, -0.25) is 0 Å². The third-order valence-corrected chi connectivity index (χ3v) is 4.52. The van der Waals surface area contributed by atoms with Crippen molar-refractivity contribution in [1.29, 1.82) is 0 Å². The van der Waals surface area contributed by atoms with Gasteiger partial charge in [0.15, 0.2) is 0 Å². The molecular formula is C21H28O3. The Hall–Kier alpha value is -1.68. The summed E-state index contributed by atoms with van der Waals surface area (Å²) in [5, 5.41) is 19.2. The number of benzene rings is 2. The summed E-state index contributed by atoms with van der Waals surface area (Å²) in [5.74, 6) is 0. The molecule has 2 atom stereocenters. The lowest BCUT2D eigenvalue weighted by atomic mass is 9.89. The van der Waals surface area contributed by atoms with Gasteiger partial charge in [0.1, 0.15) is 0 Å². The summed E-state index contributed by atoms with van der Waals surface area (Å²) >= 11 is 0. The maximum Gasteiger partial charge on any atom is 0.0906 e. The first kappa shape index (κ1) is 18.7. The standard InChI is InChI=1S/C21H28O3/c1-20(23,17-22)15-16-24-21(2,19-11-7-4-8-12-19)14-13-18-9-5-3-6-10-18/h3-12,22-23H,13-17H2,1-2H3/t20-,21?/m1/s1. The van der Waals surface area contributed by atoms with Gasteiger partial charge in [-0.25, -0.2) is 0 Å². The predicted molar refractivity (Wildman–Crippen MR) is 96.8 cm³/mol. The third kappa shape index (κ3) is 5.45. The molecule has 2 aromatic carbocycles. The molecule has 3 heteroatoms. The minimum atomic E-state index is -1.10. The Labute approximate surface area is 144 Å². The zero-order valence-electron chi connectivity index (χ0n) is 14.6. The second-order valence-electron chi connectivity index (χ2n) is 6.84. The molecule has 2 N–H and O–H groups in total. The molecule has 0 fully saturated rings. The Morgan fingerprint density at radius 3 is 2.04 bits per heavy atom. The number of aryl methyl sites for hydroxylation is 1. The van der Waals surface area contributed by atoms with Crippen molar-refractivity contribution in [1.82, 2.24) is 0 Å². The maximum absolute atomic E-state index is 9.97. The first-order valence-electron chi connectivity index (χ1n) is 8.52. The van der Waals surface area contributed by atoms with E-state index in [9.17, 15) is 10.2 Å². The van der Waals surface area contributed by atoms with Crippen molar-refractivity contribution < 1.29 is 14.9 Å². The quantitative estimate of drug-likeness (QED) is 0.738. The van der Waals surface area contributed by atoms with Gasteiger partial charge in [-0.1, -0.05) is 60.7 Å². The summed E-state index contributed by atoms with van der Waals surface area (Å²) in [7, 11) is 0. The van der Waals surface area contributed by atoms with E-state index < -0.39 is 11.2 Å². The first-order chi connectivity index (χ1) is 11.5. The van der Waals surface area contributed by atoms with Crippen molar-refractivity contribution in [3.8, 4) is 0 Å². The molecular weight excluding hydrogens is 300 g/mol. The van der Waals surface area contributed by atoms with Crippen molar-refractivity contribution in [2.45, 2.75) is 44.3 Å². The maximum atomic E-state index is 9.97. The minimum Gasteiger partial charge on any atom is -0.393 e. The van der Waals surface area contributed by atoms with Gasteiger partial charge in [-0.05, 0) is 37.8 Å². The van der Waals surface area contributed by atoms with Crippen LogP contribution in [-0.2, 0) is 16.8 Å². The molecule has 0 aliphatic rings. The number of ether oxygens (including phenoxy) is 1. The largest absolute Gasteiger partial charge is 0.393 e. The fourth-order valence-electron chi connectivity index (χ4n) is 2.69. The van der Waals surface area contributed by atoms with Crippen LogP contribution in [-0.4, -0.2) is 29.0 Å². The molecule has 0 aliphatic heterocycles. The van der Waals surface area contributed by atoms with Crippen molar-refractivity contribution in [3.05, 3.63) is 71.8 Å². The summed E-state index contributed by atoms with van der Waals surface area (Å²) in [6.45, 7) is 3.86. The molecule has 0 heterocycles. The monoisotopic (exact) mass is 328 g/mol. The zero-order valence-corrected chi connectivity index (χ0v) is 14.6. The summed E-state index contributed by atoms with van der Waals surface area (Å²) < 4.78 is 6.20. The van der Waals surface area contributed by atoms with E-state index in [1.54, 1.807) is 6.92 Å². The molecule has 2 aromatic rings. The molecule has 0 radical (unpaired) electrons. The minimum absolute atomic E-state index is 0.261. The summed E-state index contributed by atoms with van der Waals surface area (Å²) in [5.41, 5.74) is 0.884. The van der Waals surface area contributed by atoms with Crippen LogP contribution >= 0.6 is 0 Å². The second-order valence-corrected chi connectivity index (χ2v) is 6.84. The molecule has 1 unspecified atom stereocenters. The number of aliphatic hydroxyl groups is 2. The molecule has 0 saturated heterocycles. The average molecular weight is 328 g/mol. The van der Waals surface area contributed by atoms with E-state index in [1.807, 2.05) is 24.3 Å². The highest BCUT2D eigenvalue weighted by Crippen LogP contribution is 2.31. The lowest BCUT2D eigenvalue weighted by molar-refractivity contribution is -0.0797. The summed E-state index contributed by atoms with van der Waals surface area (Å²) in [6.07, 6.45) is 2.17. The fraction of sp³-hybridized carbons (Fsp3) is 0.429. The highest BCUT2D eigenvalue weighted by atomic mass is 16.5. The lowest BCUT2D eigenvalue weighted by Gasteiger charge is -2.32. The number of aliphatic hydroxyl groups excluding tert-OH is 1. The van der Waals surface area contributed by atoms with E-state index in [0.717, 1.165) is 18.4 Å². The fourth-order valence-corrected chi connectivity index (χ4v) is 2.69. The SMILES string of the molecule is CC(CCc1ccccc1)(OCC[C@@](C)(O)CO)c1ccccc1. The first-order valence-corrected chi connectivity index (χ1v) is 8.52. The molecule has 0 spiro atoms. The lowest BCUT2D eigenvalue weighted by Crippen LogP contribution is -2.34. The Bertz CT molecular complexity index is 595. The van der Waals surface area contributed by atoms with Crippen LogP contribution < -0.4 is 0 Å². The van der Waals surface area contributed by atoms with Crippen LogP contribution in [0.1, 0.15) is 37.8 Å². The van der Waals surface area contributed by atoms with Crippen molar-refractivity contribution in [2.24, 2.45) is 0 Å². The van der Waals surface area contributed by atoms with Crippen molar-refractivity contribution >= 4 is 0 Å². The average Bonchev–Trinajstić information content (AvgIpc) is 2.61. The van der Waals surface area contributed by atoms with E-state index in [2.05, 4.69) is 43.3 Å². The van der Waals surface area contributed by atoms with Crippen molar-refractivity contribution in [3.63, 3.8) is 0 Å². The van der Waals surface area contributed by atoms with Crippen LogP contribution in [0.3, 0.4) is 0 Å². The molecule has 0 bridgehead atoms. The van der Waals surface area contributed by atoms with Gasteiger partial charge in [0.05, 0.1) is 24.4 Å². The Kier molecular flexibility index (Phi) is 6.55. The van der Waals surface area contributed by atoms with E-state index in [-0.39, 0.29) is 6.61 Å². The Morgan fingerprint density at radius 2 is 1.46 bits per heavy atom. The smallest absolute Gasteiger partial charge is 0.0906 e. The van der Waals surface area contributed by atoms with Crippen LogP contribution in [0.2, 0.25) is 0 Å². The van der Waals surface area contributed by atoms with Gasteiger partial charge < -0.3 is 14.9 Å². The highest BCUT2D eigenvalue weighted by Gasteiger charge is 2.28. The van der Waals surface area contributed by atoms with Gasteiger partial charge in [0.25, 0.3) is 0 Å². The molecule has 0 saturated carbocycles. The topological polar surface area (TPSA) is 49.7 Å². The summed E-state index contributed by atoms with van der Waals surface area (Å²) in [6, 6.07) is 20.6. The number of rotatable bonds is 9. The van der Waals surface area contributed by atoms with E-state index >= 15 is 0 Å². The zero-order chi connectivity index (χ0) is 17.5. The molecule has 0 amide bonds. The van der Waals surface area contributed by atoms with E-state index in [0.29, 0.717) is 13.0 Å². The highest BCUT2D eigenvalue weighted by molar-refractivity contribution is 5.23. The number of hydrogen-bond acceptors (Lipinski definition) is 3. The van der Waals surface area contributed by atoms with Crippen molar-refractivity contribution in [2.75, 3.05) is 13.2 Å². The Morgan fingerprint density at radius 1 is 0.875 bits per heavy atom. The van der Waals surface area contributed by atoms with Crippen LogP contribution in [0.25, 0.3) is 0 Å². The molecule has 0 aromatic heterocycles. The van der Waals surface area contributed by atoms with Gasteiger partial charge in [0.2, 0.25) is 0 Å². The Balaban J connectivity index is 2.07. The van der Waals surface area contributed by atoms with Crippen LogP contribution in [0, 0.1) is 0 Å². The van der Waals surface area contributed by atoms with Gasteiger partial charge in [-0.15, -0.1) is 0 Å². The normalized spacial score (nSPS) is 16.3. The molecule has 2 rings (SSSR count). The van der Waals surface area contributed by atoms with Gasteiger partial charge >= 0.3 is 0 Å². The summed E-state index contributed by atoms with van der Waals surface area (Å²) in [4.78, 5) is 0. The predicted octanol–water partition coefficient (Wildman–Crippen LogP) is 3.68. The molecule has 0 aliphatic carbocycles. The molecule has 3 nitrogen and oxygen atoms in total. The molecule has 130 valence electrons. The van der Waals surface area contributed by atoms with Crippen LogP contribution in [0.4, 0.5) is 0 Å². The number of hydrogen-bond donors (Lipinski definition) is 2. The third-order valence-electron chi connectivity index (χ3n) is 4.52. The van der Waals surface area contributed by atoms with Crippen LogP contribution in [0.15, 0.2) is 60.7 Å².